The van der Waals surface area contributed by atoms with Gasteiger partial charge in [0.25, 0.3) is 0 Å². The summed E-state index contributed by atoms with van der Waals surface area (Å²) in [6.45, 7) is 5.50. The third kappa shape index (κ3) is 3.78. The number of carbonyl (C=O) groups excluding carboxylic acids is 1. The Kier molecular flexibility index (Phi) is 5.15. The Labute approximate surface area is 149 Å². The summed E-state index contributed by atoms with van der Waals surface area (Å²) < 4.78 is 2.33. The van der Waals surface area contributed by atoms with Gasteiger partial charge in [-0.25, -0.2) is 0 Å². The van der Waals surface area contributed by atoms with Gasteiger partial charge in [0.1, 0.15) is 11.6 Å². The maximum Gasteiger partial charge on any atom is 0.226 e. The number of fused-ring (bicyclic) bond motifs is 1. The molecule has 2 aliphatic heterocycles. The van der Waals surface area contributed by atoms with Crippen LogP contribution in [0, 0.1) is 5.92 Å². The lowest BCUT2D eigenvalue weighted by molar-refractivity contribution is -0.137. The fraction of sp³-hybridized carbons (Fsp3) is 0.737. The Morgan fingerprint density at radius 3 is 2.72 bits per heavy atom. The highest BCUT2D eigenvalue weighted by molar-refractivity contribution is 5.79. The highest BCUT2D eigenvalue weighted by atomic mass is 16.2. The van der Waals surface area contributed by atoms with Gasteiger partial charge in [0.2, 0.25) is 5.91 Å². The van der Waals surface area contributed by atoms with Crippen molar-refractivity contribution in [2.75, 3.05) is 26.2 Å². The molecule has 1 aliphatic carbocycles. The van der Waals surface area contributed by atoms with Gasteiger partial charge in [-0.1, -0.05) is 18.6 Å². The van der Waals surface area contributed by atoms with Crippen molar-refractivity contribution in [3.05, 3.63) is 23.8 Å². The van der Waals surface area contributed by atoms with E-state index < -0.39 is 0 Å². The molecular formula is C19H29N5O. The van der Waals surface area contributed by atoms with Crippen LogP contribution in [0.2, 0.25) is 0 Å². The highest BCUT2D eigenvalue weighted by Crippen LogP contribution is 2.22. The third-order valence-electron chi connectivity index (χ3n) is 5.85. The highest BCUT2D eigenvalue weighted by Gasteiger charge is 2.28. The summed E-state index contributed by atoms with van der Waals surface area (Å²) in [5.74, 6) is 2.84. The number of aromatic nitrogens is 3. The molecule has 0 bridgehead atoms. The van der Waals surface area contributed by atoms with Crippen LogP contribution in [-0.2, 0) is 24.3 Å². The smallest absolute Gasteiger partial charge is 0.226 e. The Hall–Kier alpha value is -1.69. The lowest BCUT2D eigenvalue weighted by atomic mass is 9.93. The summed E-state index contributed by atoms with van der Waals surface area (Å²) in [6, 6.07) is 0. The van der Waals surface area contributed by atoms with Gasteiger partial charge in [0.05, 0.1) is 6.54 Å². The van der Waals surface area contributed by atoms with Crippen LogP contribution in [-0.4, -0.2) is 56.7 Å². The van der Waals surface area contributed by atoms with Crippen molar-refractivity contribution < 1.29 is 4.79 Å². The van der Waals surface area contributed by atoms with E-state index in [1.54, 1.807) is 0 Å². The molecule has 0 aromatic carbocycles. The first-order valence-corrected chi connectivity index (χ1v) is 9.88. The summed E-state index contributed by atoms with van der Waals surface area (Å²) in [6.07, 6.45) is 12.2. The third-order valence-corrected chi connectivity index (χ3v) is 5.85. The minimum Gasteiger partial charge on any atom is -0.340 e. The van der Waals surface area contributed by atoms with Crippen LogP contribution < -0.4 is 0 Å². The van der Waals surface area contributed by atoms with Crippen molar-refractivity contribution in [2.24, 2.45) is 5.92 Å². The number of allylic oxidation sites excluding steroid dienone is 2. The molecule has 0 saturated carbocycles. The molecule has 1 amide bonds. The molecule has 6 nitrogen and oxygen atoms in total. The molecule has 3 heterocycles. The molecular weight excluding hydrogens is 314 g/mol. The van der Waals surface area contributed by atoms with Crippen molar-refractivity contribution in [1.82, 2.24) is 24.6 Å². The predicted molar refractivity (Wildman–Crippen MR) is 95.9 cm³/mol. The maximum absolute atomic E-state index is 12.7. The minimum absolute atomic E-state index is 0.212. The largest absolute Gasteiger partial charge is 0.340 e. The number of nitrogens with zero attached hydrogens (tertiary/aromatic N) is 5. The fourth-order valence-corrected chi connectivity index (χ4v) is 4.26. The van der Waals surface area contributed by atoms with Crippen LogP contribution >= 0.6 is 0 Å². The molecule has 0 radical (unpaired) electrons. The number of piperazine rings is 1. The van der Waals surface area contributed by atoms with E-state index in [4.69, 9.17) is 0 Å². The van der Waals surface area contributed by atoms with E-state index in [0.29, 0.717) is 5.91 Å². The van der Waals surface area contributed by atoms with Gasteiger partial charge in [-0.3, -0.25) is 9.69 Å². The summed E-state index contributed by atoms with van der Waals surface area (Å²) in [5.41, 5.74) is 0. The average Bonchev–Trinajstić information content (AvgIpc) is 2.89. The first-order chi connectivity index (χ1) is 12.3. The van der Waals surface area contributed by atoms with Crippen LogP contribution in [0.15, 0.2) is 12.2 Å². The molecule has 0 unspecified atom stereocenters. The van der Waals surface area contributed by atoms with Crippen molar-refractivity contribution in [2.45, 2.75) is 58.0 Å². The quantitative estimate of drug-likeness (QED) is 0.788. The molecule has 136 valence electrons. The van der Waals surface area contributed by atoms with E-state index in [1.807, 2.05) is 0 Å². The van der Waals surface area contributed by atoms with Gasteiger partial charge in [-0.2, -0.15) is 0 Å². The molecule has 3 aliphatic rings. The van der Waals surface area contributed by atoms with Crippen LogP contribution in [0.4, 0.5) is 0 Å². The Morgan fingerprint density at radius 1 is 1.04 bits per heavy atom. The molecule has 1 atom stereocenters. The Bertz CT molecular complexity index is 630. The number of rotatable bonds is 3. The molecule has 0 spiro atoms. The number of hydrogen-bond acceptors (Lipinski definition) is 4. The molecule has 1 aromatic heterocycles. The summed E-state index contributed by atoms with van der Waals surface area (Å²) in [7, 11) is 0. The molecule has 4 rings (SSSR count). The topological polar surface area (TPSA) is 54.3 Å². The van der Waals surface area contributed by atoms with Gasteiger partial charge in [-0.05, 0) is 32.1 Å². The first-order valence-electron chi connectivity index (χ1n) is 9.88. The van der Waals surface area contributed by atoms with Crippen molar-refractivity contribution in [3.8, 4) is 0 Å². The molecule has 6 heteroatoms. The van der Waals surface area contributed by atoms with Crippen LogP contribution in [0.25, 0.3) is 0 Å². The molecule has 1 aromatic rings. The zero-order valence-corrected chi connectivity index (χ0v) is 15.1. The second-order valence-electron chi connectivity index (χ2n) is 7.58. The maximum atomic E-state index is 12.7. The van der Waals surface area contributed by atoms with Crippen LogP contribution in [0.1, 0.15) is 50.2 Å². The van der Waals surface area contributed by atoms with Gasteiger partial charge in [-0.15, -0.1) is 10.2 Å². The second-order valence-corrected chi connectivity index (χ2v) is 7.58. The summed E-state index contributed by atoms with van der Waals surface area (Å²) >= 11 is 0. The van der Waals surface area contributed by atoms with Crippen LogP contribution in [0.3, 0.4) is 0 Å². The molecule has 25 heavy (non-hydrogen) atoms. The number of amides is 1. The zero-order chi connectivity index (χ0) is 17.1. The Morgan fingerprint density at radius 2 is 1.92 bits per heavy atom. The van der Waals surface area contributed by atoms with Crippen molar-refractivity contribution in [1.29, 1.82) is 0 Å². The summed E-state index contributed by atoms with van der Waals surface area (Å²) in [5, 5.41) is 8.85. The van der Waals surface area contributed by atoms with Crippen molar-refractivity contribution >= 4 is 5.91 Å². The first kappa shape index (κ1) is 16.8. The normalized spacial score (nSPS) is 24.8. The lowest BCUT2D eigenvalue weighted by Crippen LogP contribution is -2.50. The number of carbonyl (C=O) groups is 1. The van der Waals surface area contributed by atoms with Crippen molar-refractivity contribution in [3.63, 3.8) is 0 Å². The average molecular weight is 343 g/mol. The fourth-order valence-electron chi connectivity index (χ4n) is 4.26. The SMILES string of the molecule is O=C([C@@H]1CC=CCC1)N1CCN(Cc2nnc3n2CCCCC3)CC1. The standard InChI is InChI=1S/C19H29N5O/c25-19(16-7-3-1-4-8-16)23-13-11-22(12-14-23)15-18-21-20-17-9-5-2-6-10-24(17)18/h1,3,16H,2,4-15H2/t16-/m1/s1. The lowest BCUT2D eigenvalue weighted by Gasteiger charge is -2.36. The van der Waals surface area contributed by atoms with Gasteiger partial charge in [0.15, 0.2) is 0 Å². The van der Waals surface area contributed by atoms with E-state index in [2.05, 4.69) is 36.7 Å². The second kappa shape index (κ2) is 7.68. The van der Waals surface area contributed by atoms with Crippen LogP contribution in [0.5, 0.6) is 0 Å². The zero-order valence-electron chi connectivity index (χ0n) is 15.1. The number of hydrogen-bond donors (Lipinski definition) is 0. The van der Waals surface area contributed by atoms with Gasteiger partial charge >= 0.3 is 0 Å². The monoisotopic (exact) mass is 343 g/mol. The van der Waals surface area contributed by atoms with Gasteiger partial charge < -0.3 is 9.47 Å². The molecule has 1 saturated heterocycles. The minimum atomic E-state index is 0.212. The van der Waals surface area contributed by atoms with E-state index in [0.717, 1.165) is 76.6 Å². The van der Waals surface area contributed by atoms with E-state index in [9.17, 15) is 4.79 Å². The number of aryl methyl sites for hydroxylation is 1. The molecule has 0 N–H and O–H groups in total. The predicted octanol–water partition coefficient (Wildman–Crippen LogP) is 2.00. The van der Waals surface area contributed by atoms with E-state index in [-0.39, 0.29) is 5.92 Å². The summed E-state index contributed by atoms with van der Waals surface area (Å²) in [4.78, 5) is 17.2. The molecule has 1 fully saturated rings. The van der Waals surface area contributed by atoms with Gasteiger partial charge in [0, 0.05) is 45.1 Å². The van der Waals surface area contributed by atoms with E-state index in [1.165, 1.54) is 19.3 Å². The Balaban J connectivity index is 1.31. The van der Waals surface area contributed by atoms with E-state index >= 15 is 0 Å².